The molecule has 0 unspecified atom stereocenters. The van der Waals surface area contributed by atoms with E-state index in [-0.39, 0.29) is 11.8 Å². The van der Waals surface area contributed by atoms with E-state index in [0.717, 1.165) is 36.9 Å². The number of ether oxygens (including phenoxy) is 1. The third-order valence-corrected chi connectivity index (χ3v) is 4.90. The Morgan fingerprint density at radius 1 is 1.22 bits per heavy atom. The third-order valence-electron chi connectivity index (χ3n) is 4.90. The summed E-state index contributed by atoms with van der Waals surface area (Å²) >= 11 is 0. The highest BCUT2D eigenvalue weighted by atomic mass is 16.5. The Morgan fingerprint density at radius 3 is 2.74 bits per heavy atom. The monoisotopic (exact) mass is 312 g/mol. The second-order valence-corrected chi connectivity index (χ2v) is 6.30. The lowest BCUT2D eigenvalue weighted by Gasteiger charge is -2.27. The molecule has 2 heterocycles. The molecule has 1 saturated carbocycles. The van der Waals surface area contributed by atoms with E-state index < -0.39 is 0 Å². The minimum Gasteiger partial charge on any atom is -0.497 e. The predicted octanol–water partition coefficient (Wildman–Crippen LogP) is 1.74. The molecule has 0 bridgehead atoms. The molecule has 1 aromatic carbocycles. The average molecular weight is 312 g/mol. The SMILES string of the molecule is COc1ccc([C@@H]2C[C@@H]2C(=O)N2CCn3c(C)nnc3C2)cc1. The molecule has 1 aliphatic heterocycles. The molecule has 2 atom stereocenters. The van der Waals surface area contributed by atoms with Crippen LogP contribution in [-0.2, 0) is 17.9 Å². The number of methoxy groups -OCH3 is 1. The first-order valence-corrected chi connectivity index (χ1v) is 7.99. The highest BCUT2D eigenvalue weighted by Crippen LogP contribution is 2.49. The number of nitrogens with zero attached hydrogens (tertiary/aromatic N) is 4. The number of rotatable bonds is 3. The molecule has 1 aliphatic carbocycles. The smallest absolute Gasteiger partial charge is 0.226 e. The molecular weight excluding hydrogens is 292 g/mol. The van der Waals surface area contributed by atoms with Gasteiger partial charge in [0.2, 0.25) is 5.91 Å². The summed E-state index contributed by atoms with van der Waals surface area (Å²) in [5, 5.41) is 8.26. The molecule has 1 amide bonds. The highest BCUT2D eigenvalue weighted by molar-refractivity contribution is 5.83. The largest absolute Gasteiger partial charge is 0.497 e. The molecule has 2 aromatic rings. The molecule has 6 nitrogen and oxygen atoms in total. The van der Waals surface area contributed by atoms with E-state index in [9.17, 15) is 4.79 Å². The molecule has 0 radical (unpaired) electrons. The van der Waals surface area contributed by atoms with Crippen LogP contribution in [-0.4, -0.2) is 39.2 Å². The number of amides is 1. The third kappa shape index (κ3) is 2.48. The minimum absolute atomic E-state index is 0.110. The van der Waals surface area contributed by atoms with Crippen molar-refractivity contribution in [2.45, 2.75) is 32.4 Å². The van der Waals surface area contributed by atoms with Crippen LogP contribution in [0.5, 0.6) is 5.75 Å². The van der Waals surface area contributed by atoms with E-state index in [1.165, 1.54) is 5.56 Å². The molecule has 23 heavy (non-hydrogen) atoms. The van der Waals surface area contributed by atoms with E-state index in [4.69, 9.17) is 4.74 Å². The summed E-state index contributed by atoms with van der Waals surface area (Å²) in [6.45, 7) is 4.07. The summed E-state index contributed by atoms with van der Waals surface area (Å²) in [7, 11) is 1.66. The van der Waals surface area contributed by atoms with Gasteiger partial charge in [0.1, 0.15) is 11.6 Å². The number of hydrogen-bond acceptors (Lipinski definition) is 4. The van der Waals surface area contributed by atoms with Gasteiger partial charge in [0.15, 0.2) is 5.82 Å². The van der Waals surface area contributed by atoms with E-state index in [0.29, 0.717) is 12.5 Å². The van der Waals surface area contributed by atoms with Crippen LogP contribution in [0.3, 0.4) is 0 Å². The number of carbonyl (C=O) groups is 1. The molecule has 0 saturated heterocycles. The minimum atomic E-state index is 0.110. The summed E-state index contributed by atoms with van der Waals surface area (Å²) in [6.07, 6.45) is 0.938. The lowest BCUT2D eigenvalue weighted by molar-refractivity contribution is -0.134. The van der Waals surface area contributed by atoms with E-state index in [2.05, 4.69) is 26.9 Å². The zero-order valence-corrected chi connectivity index (χ0v) is 13.4. The van der Waals surface area contributed by atoms with Crippen LogP contribution in [0.2, 0.25) is 0 Å². The molecule has 4 rings (SSSR count). The first kappa shape index (κ1) is 14.2. The maximum absolute atomic E-state index is 12.7. The van der Waals surface area contributed by atoms with Crippen molar-refractivity contribution < 1.29 is 9.53 Å². The molecule has 2 aliphatic rings. The van der Waals surface area contributed by atoms with E-state index in [1.54, 1.807) is 7.11 Å². The van der Waals surface area contributed by atoms with Gasteiger partial charge < -0.3 is 14.2 Å². The number of hydrogen-bond donors (Lipinski definition) is 0. The summed E-state index contributed by atoms with van der Waals surface area (Å²) < 4.78 is 7.28. The van der Waals surface area contributed by atoms with Crippen molar-refractivity contribution in [2.24, 2.45) is 5.92 Å². The Bertz CT molecular complexity index is 738. The summed E-state index contributed by atoms with van der Waals surface area (Å²) in [6, 6.07) is 8.04. The van der Waals surface area contributed by atoms with E-state index >= 15 is 0 Å². The van der Waals surface area contributed by atoms with Crippen LogP contribution in [0.25, 0.3) is 0 Å². The van der Waals surface area contributed by atoms with Gasteiger partial charge >= 0.3 is 0 Å². The lowest BCUT2D eigenvalue weighted by Crippen LogP contribution is -2.39. The fraction of sp³-hybridized carbons (Fsp3) is 0.471. The maximum atomic E-state index is 12.7. The Labute approximate surface area is 135 Å². The van der Waals surface area contributed by atoms with Crippen LogP contribution in [0.15, 0.2) is 24.3 Å². The quantitative estimate of drug-likeness (QED) is 0.866. The summed E-state index contributed by atoms with van der Waals surface area (Å²) in [4.78, 5) is 14.7. The first-order chi connectivity index (χ1) is 11.2. The van der Waals surface area contributed by atoms with Crippen molar-refractivity contribution in [1.82, 2.24) is 19.7 Å². The van der Waals surface area contributed by atoms with Crippen LogP contribution in [0.4, 0.5) is 0 Å². The van der Waals surface area contributed by atoms with Crippen LogP contribution < -0.4 is 4.74 Å². The zero-order chi connectivity index (χ0) is 16.0. The Kier molecular flexibility index (Phi) is 3.32. The van der Waals surface area contributed by atoms with Gasteiger partial charge in [-0.2, -0.15) is 0 Å². The summed E-state index contributed by atoms with van der Waals surface area (Å²) in [5.74, 6) is 3.37. The molecule has 1 aromatic heterocycles. The molecule has 6 heteroatoms. The Balaban J connectivity index is 1.43. The number of aryl methyl sites for hydroxylation is 1. The van der Waals surface area contributed by atoms with Gasteiger partial charge in [-0.15, -0.1) is 10.2 Å². The molecule has 1 fully saturated rings. The zero-order valence-electron chi connectivity index (χ0n) is 13.4. The van der Waals surface area contributed by atoms with Crippen molar-refractivity contribution in [3.63, 3.8) is 0 Å². The van der Waals surface area contributed by atoms with Crippen LogP contribution in [0.1, 0.15) is 29.6 Å². The number of fused-ring (bicyclic) bond motifs is 1. The van der Waals surface area contributed by atoms with Gasteiger partial charge in [-0.05, 0) is 37.0 Å². The first-order valence-electron chi connectivity index (χ1n) is 7.99. The summed E-state index contributed by atoms with van der Waals surface area (Å²) in [5.41, 5.74) is 1.22. The van der Waals surface area contributed by atoms with E-state index in [1.807, 2.05) is 24.0 Å². The second-order valence-electron chi connectivity index (χ2n) is 6.30. The molecule has 120 valence electrons. The maximum Gasteiger partial charge on any atom is 0.226 e. The van der Waals surface area contributed by atoms with Crippen molar-refractivity contribution in [2.75, 3.05) is 13.7 Å². The fourth-order valence-electron chi connectivity index (χ4n) is 3.41. The predicted molar refractivity (Wildman–Crippen MR) is 84.0 cm³/mol. The molecule has 0 spiro atoms. The van der Waals surface area contributed by atoms with Gasteiger partial charge in [0, 0.05) is 19.0 Å². The fourth-order valence-corrected chi connectivity index (χ4v) is 3.41. The van der Waals surface area contributed by atoms with Gasteiger partial charge in [0.05, 0.1) is 13.7 Å². The Morgan fingerprint density at radius 2 is 2.00 bits per heavy atom. The van der Waals surface area contributed by atoms with Crippen LogP contribution >= 0.6 is 0 Å². The number of aromatic nitrogens is 3. The number of carbonyl (C=O) groups excluding carboxylic acids is 1. The average Bonchev–Trinajstić information content (AvgIpc) is 3.31. The highest BCUT2D eigenvalue weighted by Gasteiger charge is 2.46. The normalized spacial score (nSPS) is 22.6. The topological polar surface area (TPSA) is 60.2 Å². The molecular formula is C17H20N4O2. The lowest BCUT2D eigenvalue weighted by atomic mass is 10.1. The van der Waals surface area contributed by atoms with Gasteiger partial charge in [0.25, 0.3) is 0 Å². The van der Waals surface area contributed by atoms with Crippen molar-refractivity contribution >= 4 is 5.91 Å². The van der Waals surface area contributed by atoms with Gasteiger partial charge in [-0.3, -0.25) is 4.79 Å². The number of benzene rings is 1. The standard InChI is InChI=1S/C17H20N4O2/c1-11-18-19-16-10-20(7-8-21(11)16)17(22)15-9-14(15)12-3-5-13(23-2)6-4-12/h3-6,14-15H,7-10H2,1-2H3/t14-,15-/m0/s1. The Hall–Kier alpha value is -2.37. The van der Waals surface area contributed by atoms with Crippen LogP contribution in [0, 0.1) is 12.8 Å². The molecule has 0 N–H and O–H groups in total. The van der Waals surface area contributed by atoms with Crippen molar-refractivity contribution in [3.05, 3.63) is 41.5 Å². The van der Waals surface area contributed by atoms with Crippen molar-refractivity contribution in [1.29, 1.82) is 0 Å². The van der Waals surface area contributed by atoms with Gasteiger partial charge in [-0.25, -0.2) is 0 Å². The van der Waals surface area contributed by atoms with Gasteiger partial charge in [-0.1, -0.05) is 12.1 Å². The van der Waals surface area contributed by atoms with Crippen molar-refractivity contribution in [3.8, 4) is 5.75 Å². The second kappa shape index (κ2) is 5.37.